The van der Waals surface area contributed by atoms with Crippen molar-refractivity contribution in [2.24, 2.45) is 0 Å². The van der Waals surface area contributed by atoms with E-state index >= 15 is 0 Å². The Labute approximate surface area is 94.4 Å². The molecule has 2 nitrogen and oxygen atoms in total. The van der Waals surface area contributed by atoms with E-state index in [9.17, 15) is 0 Å². The molecule has 0 aromatic heterocycles. The van der Waals surface area contributed by atoms with Gasteiger partial charge in [-0.3, -0.25) is 4.90 Å². The summed E-state index contributed by atoms with van der Waals surface area (Å²) in [5.74, 6) is 0. The van der Waals surface area contributed by atoms with Crippen LogP contribution in [0.15, 0.2) is 0 Å². The number of nitrogens with zero attached hydrogens (tertiary/aromatic N) is 1. The minimum absolute atomic E-state index is 0.721. The normalized spacial score (nSPS) is 29.4. The summed E-state index contributed by atoms with van der Waals surface area (Å²) in [6.45, 7) is 7.21. The molecule has 15 heavy (non-hydrogen) atoms. The second-order valence-electron chi connectivity index (χ2n) is 5.52. The summed E-state index contributed by atoms with van der Waals surface area (Å²) < 4.78 is 0. The average Bonchev–Trinajstić information content (AvgIpc) is 2.16. The molecule has 2 fully saturated rings. The van der Waals surface area contributed by atoms with Crippen LogP contribution in [0, 0.1) is 0 Å². The van der Waals surface area contributed by atoms with Gasteiger partial charge in [0.1, 0.15) is 0 Å². The lowest BCUT2D eigenvalue weighted by Gasteiger charge is -2.40. The van der Waals surface area contributed by atoms with E-state index in [1.807, 2.05) is 0 Å². The lowest BCUT2D eigenvalue weighted by atomic mass is 9.92. The lowest BCUT2D eigenvalue weighted by Crippen LogP contribution is -2.51. The lowest BCUT2D eigenvalue weighted by molar-refractivity contribution is 0.105. The van der Waals surface area contributed by atoms with Gasteiger partial charge in [0.2, 0.25) is 0 Å². The zero-order valence-corrected chi connectivity index (χ0v) is 10.3. The quantitative estimate of drug-likeness (QED) is 0.766. The maximum absolute atomic E-state index is 3.73. The van der Waals surface area contributed by atoms with Gasteiger partial charge in [0.25, 0.3) is 0 Å². The molecule has 88 valence electrons. The molecule has 1 aliphatic heterocycles. The topological polar surface area (TPSA) is 15.3 Å². The Bertz CT molecular complexity index is 187. The first-order chi connectivity index (χ1) is 7.27. The van der Waals surface area contributed by atoms with E-state index in [1.165, 1.54) is 51.6 Å². The third-order valence-corrected chi connectivity index (χ3v) is 4.08. The van der Waals surface area contributed by atoms with Crippen LogP contribution in [0.4, 0.5) is 0 Å². The fourth-order valence-electron chi connectivity index (χ4n) is 2.84. The highest BCUT2D eigenvalue weighted by atomic mass is 15.2. The molecule has 1 heterocycles. The summed E-state index contributed by atoms with van der Waals surface area (Å²) in [6.07, 6.45) is 8.50. The molecule has 2 aliphatic rings. The molecular weight excluding hydrogens is 184 g/mol. The van der Waals surface area contributed by atoms with Crippen LogP contribution in [0.2, 0.25) is 0 Å². The molecule has 2 rings (SSSR count). The summed E-state index contributed by atoms with van der Waals surface area (Å²) in [5.41, 5.74) is 0. The Kier molecular flexibility index (Phi) is 4.04. The molecule has 1 atom stereocenters. The third kappa shape index (κ3) is 2.94. The van der Waals surface area contributed by atoms with Crippen molar-refractivity contribution in [2.75, 3.05) is 13.1 Å². The van der Waals surface area contributed by atoms with Crippen LogP contribution in [-0.2, 0) is 0 Å². The average molecular weight is 210 g/mol. The fourth-order valence-corrected chi connectivity index (χ4v) is 2.84. The summed E-state index contributed by atoms with van der Waals surface area (Å²) in [4.78, 5) is 2.69. The van der Waals surface area contributed by atoms with Gasteiger partial charge in [-0.15, -0.1) is 0 Å². The van der Waals surface area contributed by atoms with E-state index in [-0.39, 0.29) is 0 Å². The zero-order valence-electron chi connectivity index (χ0n) is 10.3. The molecule has 0 amide bonds. The van der Waals surface area contributed by atoms with Crippen molar-refractivity contribution in [1.29, 1.82) is 0 Å². The number of rotatable bonds is 4. The molecule has 0 radical (unpaired) electrons. The van der Waals surface area contributed by atoms with Gasteiger partial charge >= 0.3 is 0 Å². The van der Waals surface area contributed by atoms with Gasteiger partial charge in [0.05, 0.1) is 0 Å². The van der Waals surface area contributed by atoms with Crippen LogP contribution in [0.1, 0.15) is 52.4 Å². The monoisotopic (exact) mass is 210 g/mol. The Morgan fingerprint density at radius 3 is 2.53 bits per heavy atom. The number of hydrogen-bond acceptors (Lipinski definition) is 2. The van der Waals surface area contributed by atoms with E-state index in [1.54, 1.807) is 0 Å². The summed E-state index contributed by atoms with van der Waals surface area (Å²) in [6, 6.07) is 2.37. The van der Waals surface area contributed by atoms with E-state index in [4.69, 9.17) is 0 Å². The minimum atomic E-state index is 0.721. The van der Waals surface area contributed by atoms with E-state index in [0.717, 1.165) is 18.1 Å². The highest BCUT2D eigenvalue weighted by Crippen LogP contribution is 2.21. The van der Waals surface area contributed by atoms with E-state index in [0.29, 0.717) is 0 Å². The minimum Gasteiger partial charge on any atom is -0.312 e. The van der Waals surface area contributed by atoms with Crippen LogP contribution >= 0.6 is 0 Å². The molecule has 1 saturated heterocycles. The standard InChI is InChI=1S/C13H26N2/c1-11(2)15-9-4-3-8-13(15)10-14-12-6-5-7-12/h11-14H,3-10H2,1-2H3. The smallest absolute Gasteiger partial charge is 0.0223 e. The summed E-state index contributed by atoms with van der Waals surface area (Å²) in [7, 11) is 0. The van der Waals surface area contributed by atoms with Gasteiger partial charge < -0.3 is 5.32 Å². The Morgan fingerprint density at radius 2 is 1.93 bits per heavy atom. The Hall–Kier alpha value is -0.0800. The Morgan fingerprint density at radius 1 is 1.13 bits per heavy atom. The maximum Gasteiger partial charge on any atom is 0.0223 e. The highest BCUT2D eigenvalue weighted by molar-refractivity contribution is 4.84. The molecule has 0 spiro atoms. The first-order valence-corrected chi connectivity index (χ1v) is 6.76. The van der Waals surface area contributed by atoms with Crippen LogP contribution < -0.4 is 5.32 Å². The SMILES string of the molecule is CC(C)N1CCCCC1CNC1CCC1. The van der Waals surface area contributed by atoms with Gasteiger partial charge in [-0.25, -0.2) is 0 Å². The first kappa shape index (κ1) is 11.4. The number of hydrogen-bond donors (Lipinski definition) is 1. The largest absolute Gasteiger partial charge is 0.312 e. The number of piperidine rings is 1. The molecule has 1 unspecified atom stereocenters. The van der Waals surface area contributed by atoms with Crippen molar-refractivity contribution < 1.29 is 0 Å². The predicted molar refractivity (Wildman–Crippen MR) is 65.1 cm³/mol. The van der Waals surface area contributed by atoms with Crippen molar-refractivity contribution in [1.82, 2.24) is 10.2 Å². The van der Waals surface area contributed by atoms with Crippen LogP contribution in [0.5, 0.6) is 0 Å². The van der Waals surface area contributed by atoms with Crippen molar-refractivity contribution in [3.05, 3.63) is 0 Å². The summed E-state index contributed by atoms with van der Waals surface area (Å²) in [5, 5.41) is 3.73. The fraction of sp³-hybridized carbons (Fsp3) is 1.00. The van der Waals surface area contributed by atoms with E-state index in [2.05, 4.69) is 24.1 Å². The van der Waals surface area contributed by atoms with Crippen molar-refractivity contribution in [2.45, 2.75) is 70.5 Å². The van der Waals surface area contributed by atoms with Crippen molar-refractivity contribution in [3.8, 4) is 0 Å². The van der Waals surface area contributed by atoms with Crippen molar-refractivity contribution in [3.63, 3.8) is 0 Å². The van der Waals surface area contributed by atoms with Crippen molar-refractivity contribution >= 4 is 0 Å². The predicted octanol–water partition coefficient (Wildman–Crippen LogP) is 2.39. The second-order valence-corrected chi connectivity index (χ2v) is 5.52. The molecule has 0 aromatic rings. The first-order valence-electron chi connectivity index (χ1n) is 6.76. The molecule has 0 bridgehead atoms. The third-order valence-electron chi connectivity index (χ3n) is 4.08. The van der Waals surface area contributed by atoms with Gasteiger partial charge in [0, 0.05) is 24.7 Å². The Balaban J connectivity index is 1.76. The zero-order chi connectivity index (χ0) is 10.7. The van der Waals surface area contributed by atoms with Gasteiger partial charge in [-0.1, -0.05) is 12.8 Å². The molecular formula is C13H26N2. The van der Waals surface area contributed by atoms with Gasteiger partial charge in [0.15, 0.2) is 0 Å². The van der Waals surface area contributed by atoms with Crippen LogP contribution in [0.3, 0.4) is 0 Å². The molecule has 1 N–H and O–H groups in total. The van der Waals surface area contributed by atoms with Gasteiger partial charge in [-0.05, 0) is 46.1 Å². The summed E-state index contributed by atoms with van der Waals surface area (Å²) >= 11 is 0. The van der Waals surface area contributed by atoms with E-state index < -0.39 is 0 Å². The number of likely N-dealkylation sites (tertiary alicyclic amines) is 1. The number of nitrogens with one attached hydrogen (secondary N) is 1. The molecule has 2 heteroatoms. The maximum atomic E-state index is 3.73. The van der Waals surface area contributed by atoms with Crippen LogP contribution in [-0.4, -0.2) is 36.1 Å². The molecule has 1 saturated carbocycles. The van der Waals surface area contributed by atoms with Crippen LogP contribution in [0.25, 0.3) is 0 Å². The molecule has 0 aromatic carbocycles. The van der Waals surface area contributed by atoms with Gasteiger partial charge in [-0.2, -0.15) is 0 Å². The second kappa shape index (κ2) is 5.31. The highest BCUT2D eigenvalue weighted by Gasteiger charge is 2.25. The molecule has 1 aliphatic carbocycles.